The zero-order chi connectivity index (χ0) is 19.1. The normalized spacial score (nSPS) is 17.7. The Morgan fingerprint density at radius 2 is 1.82 bits per heavy atom. The molecule has 0 spiro atoms. The molecule has 28 heavy (non-hydrogen) atoms. The van der Waals surface area contributed by atoms with Crippen LogP contribution in [0.25, 0.3) is 0 Å². The minimum atomic E-state index is 0.148. The Morgan fingerprint density at radius 1 is 1.04 bits per heavy atom. The highest BCUT2D eigenvalue weighted by atomic mass is 127. The van der Waals surface area contributed by atoms with E-state index in [1.807, 2.05) is 23.2 Å². The topological polar surface area (TPSA) is 47.0 Å². The molecule has 0 N–H and O–H groups in total. The fraction of sp³-hybridized carbons (Fsp3) is 0.182. The average molecular weight is 483 g/mol. The van der Waals surface area contributed by atoms with Crippen molar-refractivity contribution in [2.45, 2.75) is 19.4 Å². The average Bonchev–Trinajstić information content (AvgIpc) is 3.11. The van der Waals surface area contributed by atoms with Crippen LogP contribution in [0.1, 0.15) is 23.6 Å². The van der Waals surface area contributed by atoms with Gasteiger partial charge < -0.3 is 9.47 Å². The second kappa shape index (κ2) is 7.09. The second-order valence-corrected chi connectivity index (χ2v) is 8.15. The van der Waals surface area contributed by atoms with E-state index < -0.39 is 0 Å². The molecule has 3 heterocycles. The van der Waals surface area contributed by atoms with Crippen LogP contribution in [0.5, 0.6) is 11.5 Å². The molecule has 2 aromatic carbocycles. The summed E-state index contributed by atoms with van der Waals surface area (Å²) in [6, 6.07) is 18.6. The first-order valence-electron chi connectivity index (χ1n) is 9.17. The number of rotatable bonds is 2. The first-order valence-corrected chi connectivity index (χ1v) is 10.2. The third-order valence-corrected chi connectivity index (χ3v) is 5.71. The van der Waals surface area contributed by atoms with Gasteiger partial charge in [-0.25, -0.2) is 9.99 Å². The Balaban J connectivity index is 1.71. The van der Waals surface area contributed by atoms with Gasteiger partial charge in [0.15, 0.2) is 11.5 Å². The van der Waals surface area contributed by atoms with Crippen molar-refractivity contribution in [1.82, 2.24) is 4.98 Å². The van der Waals surface area contributed by atoms with Crippen LogP contribution in [-0.2, 0) is 6.42 Å². The predicted molar refractivity (Wildman–Crippen MR) is 117 cm³/mol. The molecule has 0 unspecified atom stereocenters. The van der Waals surface area contributed by atoms with E-state index in [4.69, 9.17) is 14.6 Å². The van der Waals surface area contributed by atoms with Crippen molar-refractivity contribution in [3.63, 3.8) is 0 Å². The van der Waals surface area contributed by atoms with Crippen molar-refractivity contribution in [3.8, 4) is 11.5 Å². The zero-order valence-corrected chi connectivity index (χ0v) is 17.5. The minimum absolute atomic E-state index is 0.148. The van der Waals surface area contributed by atoms with Crippen molar-refractivity contribution in [2.75, 3.05) is 11.8 Å². The molecular weight excluding hydrogens is 465 g/mol. The number of nitrogens with zero attached hydrogens (tertiary/aromatic N) is 3. The summed E-state index contributed by atoms with van der Waals surface area (Å²) >= 11 is 2.32. The molecule has 2 aliphatic heterocycles. The van der Waals surface area contributed by atoms with E-state index in [9.17, 15) is 0 Å². The van der Waals surface area contributed by atoms with E-state index in [0.717, 1.165) is 40.6 Å². The second-order valence-electron chi connectivity index (χ2n) is 6.90. The van der Waals surface area contributed by atoms with Crippen LogP contribution in [0.4, 0.5) is 5.82 Å². The van der Waals surface area contributed by atoms with Gasteiger partial charge in [-0.3, -0.25) is 0 Å². The number of anilines is 1. The van der Waals surface area contributed by atoms with Crippen molar-refractivity contribution < 1.29 is 9.47 Å². The summed E-state index contributed by atoms with van der Waals surface area (Å²) in [6.45, 7) is 2.44. The first-order chi connectivity index (χ1) is 13.7. The van der Waals surface area contributed by atoms with Crippen molar-refractivity contribution in [3.05, 3.63) is 81.1 Å². The van der Waals surface area contributed by atoms with Crippen LogP contribution in [-0.4, -0.2) is 23.5 Å². The smallest absolute Gasteiger partial charge is 0.231 e. The van der Waals surface area contributed by atoms with Gasteiger partial charge in [0.05, 0.1) is 11.8 Å². The number of hydrazone groups is 1. The van der Waals surface area contributed by atoms with Gasteiger partial charge >= 0.3 is 0 Å². The Hall–Kier alpha value is -2.61. The van der Waals surface area contributed by atoms with Gasteiger partial charge in [0.25, 0.3) is 0 Å². The molecular formula is C22H18IN3O2. The molecule has 0 aliphatic carbocycles. The maximum atomic E-state index is 5.64. The van der Waals surface area contributed by atoms with Crippen molar-refractivity contribution in [1.29, 1.82) is 0 Å². The molecule has 5 rings (SSSR count). The van der Waals surface area contributed by atoms with E-state index in [1.165, 1.54) is 9.13 Å². The third kappa shape index (κ3) is 3.11. The minimum Gasteiger partial charge on any atom is -0.454 e. The Morgan fingerprint density at radius 3 is 2.57 bits per heavy atom. The number of fused-ring (bicyclic) bond motifs is 2. The molecule has 0 radical (unpaired) electrons. The van der Waals surface area contributed by atoms with Gasteiger partial charge in [0.2, 0.25) is 6.79 Å². The summed E-state index contributed by atoms with van der Waals surface area (Å²) in [5.41, 5.74) is 4.26. The number of hydrogen-bond acceptors (Lipinski definition) is 5. The highest BCUT2D eigenvalue weighted by molar-refractivity contribution is 14.1. The molecule has 0 saturated heterocycles. The molecule has 0 bridgehead atoms. The Kier molecular flexibility index (Phi) is 4.43. The summed E-state index contributed by atoms with van der Waals surface area (Å²) in [7, 11) is 0. The van der Waals surface area contributed by atoms with Crippen LogP contribution < -0.4 is 14.5 Å². The Bertz CT molecular complexity index is 1050. The van der Waals surface area contributed by atoms with E-state index in [2.05, 4.69) is 70.9 Å². The van der Waals surface area contributed by atoms with E-state index in [0.29, 0.717) is 0 Å². The molecule has 0 saturated carbocycles. The van der Waals surface area contributed by atoms with Gasteiger partial charge in [-0.2, -0.15) is 5.10 Å². The van der Waals surface area contributed by atoms with E-state index in [-0.39, 0.29) is 12.8 Å². The van der Waals surface area contributed by atoms with Crippen molar-refractivity contribution >= 4 is 34.1 Å². The number of halogens is 1. The maximum absolute atomic E-state index is 5.64. The lowest BCUT2D eigenvalue weighted by atomic mass is 9.94. The monoisotopic (exact) mass is 483 g/mol. The predicted octanol–water partition coefficient (Wildman–Crippen LogP) is 4.62. The van der Waals surface area contributed by atoms with Crippen LogP contribution in [0.3, 0.4) is 0 Å². The van der Waals surface area contributed by atoms with Crippen molar-refractivity contribution in [2.24, 2.45) is 5.10 Å². The Labute approximate surface area is 177 Å². The van der Waals surface area contributed by atoms with Gasteiger partial charge in [-0.1, -0.05) is 18.2 Å². The third-order valence-electron chi connectivity index (χ3n) is 5.00. The fourth-order valence-electron chi connectivity index (χ4n) is 3.63. The quantitative estimate of drug-likeness (QED) is 0.500. The molecule has 0 amide bonds. The number of hydrogen-bond donors (Lipinski definition) is 0. The summed E-state index contributed by atoms with van der Waals surface area (Å²) < 4.78 is 12.5. The fourth-order valence-corrected chi connectivity index (χ4v) is 3.99. The lowest BCUT2D eigenvalue weighted by Gasteiger charge is -2.24. The summed E-state index contributed by atoms with van der Waals surface area (Å²) in [5, 5.41) is 7.10. The van der Waals surface area contributed by atoms with Crippen LogP contribution in [0.2, 0.25) is 0 Å². The molecule has 1 aromatic heterocycles. The van der Waals surface area contributed by atoms with Crippen LogP contribution in [0.15, 0.2) is 65.9 Å². The summed E-state index contributed by atoms with van der Waals surface area (Å²) in [5.74, 6) is 2.42. The van der Waals surface area contributed by atoms with Crippen LogP contribution >= 0.6 is 22.6 Å². The first kappa shape index (κ1) is 17.5. The number of pyridine rings is 1. The van der Waals surface area contributed by atoms with Crippen LogP contribution in [0, 0.1) is 3.57 Å². The maximum Gasteiger partial charge on any atom is 0.231 e. The van der Waals surface area contributed by atoms with Gasteiger partial charge in [0, 0.05) is 20.9 Å². The van der Waals surface area contributed by atoms with E-state index >= 15 is 0 Å². The summed E-state index contributed by atoms with van der Waals surface area (Å²) in [6.07, 6.45) is 2.64. The number of aromatic nitrogens is 1. The lowest BCUT2D eigenvalue weighted by Crippen LogP contribution is -2.30. The lowest BCUT2D eigenvalue weighted by molar-refractivity contribution is 0.174. The highest BCUT2D eigenvalue weighted by Gasteiger charge is 2.28. The van der Waals surface area contributed by atoms with Gasteiger partial charge in [-0.05, 0) is 77.9 Å². The molecule has 140 valence electrons. The standard InChI is InChI=1S/C22H18IN3O2/c1-14-10-16-11-19-20(28-13-27-19)12-18(16)22(15-5-7-17(23)8-6-15)25-26(14)21-4-2-3-9-24-21/h2-9,11-12,14H,10,13H2,1H3/t14-/m1/s1. The highest BCUT2D eigenvalue weighted by Crippen LogP contribution is 2.38. The SMILES string of the molecule is C[C@@H]1Cc2cc3c(cc2C(c2ccc(I)cc2)=NN1c1ccccn1)OCO3. The largest absolute Gasteiger partial charge is 0.454 e. The van der Waals surface area contributed by atoms with Gasteiger partial charge in [0.1, 0.15) is 5.82 Å². The molecule has 0 fully saturated rings. The number of benzene rings is 2. The molecule has 5 nitrogen and oxygen atoms in total. The zero-order valence-electron chi connectivity index (χ0n) is 15.3. The molecule has 6 heteroatoms. The summed E-state index contributed by atoms with van der Waals surface area (Å²) in [4.78, 5) is 4.53. The molecule has 3 aromatic rings. The number of ether oxygens (including phenoxy) is 2. The molecule has 2 aliphatic rings. The molecule has 1 atom stereocenters. The van der Waals surface area contributed by atoms with Gasteiger partial charge in [-0.15, -0.1) is 0 Å². The van der Waals surface area contributed by atoms with E-state index in [1.54, 1.807) is 6.20 Å².